The molecule has 128 valence electrons. The van der Waals surface area contributed by atoms with Gasteiger partial charge in [0.25, 0.3) is 5.56 Å². The van der Waals surface area contributed by atoms with Crippen LogP contribution in [-0.4, -0.2) is 11.6 Å². The Bertz CT molecular complexity index is 930. The van der Waals surface area contributed by atoms with Crippen molar-refractivity contribution in [2.75, 3.05) is 12.3 Å². The number of nitrogen functional groups attached to an aromatic ring is 1. The van der Waals surface area contributed by atoms with E-state index in [1.165, 1.54) is 0 Å². The van der Waals surface area contributed by atoms with Crippen molar-refractivity contribution in [3.8, 4) is 29.0 Å². The molecular formula is C19H20N4O2. The van der Waals surface area contributed by atoms with Crippen LogP contribution < -0.4 is 16.0 Å². The first kappa shape index (κ1) is 18.1. The number of nitrogens with two attached hydrogens (primary N) is 1. The number of nitrogens with zero attached hydrogens (tertiary/aromatic N) is 2. The molecule has 0 fully saturated rings. The monoisotopic (exact) mass is 336 g/mol. The highest BCUT2D eigenvalue weighted by Crippen LogP contribution is 2.36. The van der Waals surface area contributed by atoms with Gasteiger partial charge in [-0.15, -0.1) is 0 Å². The number of benzene rings is 1. The van der Waals surface area contributed by atoms with Crippen molar-refractivity contribution in [2.45, 2.75) is 27.2 Å². The number of anilines is 1. The highest BCUT2D eigenvalue weighted by atomic mass is 16.5. The summed E-state index contributed by atoms with van der Waals surface area (Å²) in [6, 6.07) is 9.32. The molecule has 0 amide bonds. The smallest absolute Gasteiger partial charge is 0.268 e. The largest absolute Gasteiger partial charge is 0.493 e. The third kappa shape index (κ3) is 3.81. The van der Waals surface area contributed by atoms with Gasteiger partial charge in [0.2, 0.25) is 0 Å². The highest BCUT2D eigenvalue weighted by Gasteiger charge is 2.21. The molecule has 1 aromatic heterocycles. The van der Waals surface area contributed by atoms with Crippen LogP contribution in [0.2, 0.25) is 0 Å². The van der Waals surface area contributed by atoms with E-state index < -0.39 is 5.56 Å². The van der Waals surface area contributed by atoms with Gasteiger partial charge < -0.3 is 15.5 Å². The van der Waals surface area contributed by atoms with Crippen molar-refractivity contribution >= 4 is 5.82 Å². The standard InChI is InChI=1S/C19H20N4O2/c1-11(2)6-7-25-16-5-4-12(3)8-13(16)17-14(9-20)18(22)23-19(24)15(17)10-21/h4-5,8,11H,6-7H2,1-3H3,(H3,22,23,24). The maximum atomic E-state index is 12.1. The molecule has 0 bridgehead atoms. The van der Waals surface area contributed by atoms with Crippen molar-refractivity contribution in [2.24, 2.45) is 5.92 Å². The zero-order chi connectivity index (χ0) is 18.6. The van der Waals surface area contributed by atoms with E-state index in [1.807, 2.05) is 25.1 Å². The van der Waals surface area contributed by atoms with Gasteiger partial charge in [-0.3, -0.25) is 4.79 Å². The second-order valence-corrected chi connectivity index (χ2v) is 6.25. The first-order valence-corrected chi connectivity index (χ1v) is 7.98. The molecular weight excluding hydrogens is 316 g/mol. The second-order valence-electron chi connectivity index (χ2n) is 6.25. The molecule has 0 spiro atoms. The maximum Gasteiger partial charge on any atom is 0.268 e. The zero-order valence-electron chi connectivity index (χ0n) is 14.5. The Morgan fingerprint density at radius 3 is 2.52 bits per heavy atom. The first-order chi connectivity index (χ1) is 11.9. The van der Waals surface area contributed by atoms with Crippen LogP contribution in [0.15, 0.2) is 23.0 Å². The molecule has 6 nitrogen and oxygen atoms in total. The molecule has 0 radical (unpaired) electrons. The second kappa shape index (κ2) is 7.55. The van der Waals surface area contributed by atoms with Gasteiger partial charge in [-0.1, -0.05) is 25.5 Å². The summed E-state index contributed by atoms with van der Waals surface area (Å²) in [6.45, 7) is 6.57. The van der Waals surface area contributed by atoms with Crippen molar-refractivity contribution in [3.63, 3.8) is 0 Å². The summed E-state index contributed by atoms with van der Waals surface area (Å²) in [5.41, 5.74) is 6.74. The van der Waals surface area contributed by atoms with Crippen molar-refractivity contribution < 1.29 is 4.74 Å². The number of aryl methyl sites for hydroxylation is 1. The molecule has 1 heterocycles. The van der Waals surface area contributed by atoms with E-state index in [9.17, 15) is 15.3 Å². The maximum absolute atomic E-state index is 12.1. The quantitative estimate of drug-likeness (QED) is 0.870. The molecule has 0 atom stereocenters. The summed E-state index contributed by atoms with van der Waals surface area (Å²) in [5, 5.41) is 18.9. The SMILES string of the molecule is Cc1ccc(OCCC(C)C)c(-c2c(C#N)c(N)[nH]c(=O)c2C#N)c1. The van der Waals surface area contributed by atoms with Crippen LogP contribution in [0, 0.1) is 35.5 Å². The molecule has 2 rings (SSSR count). The average molecular weight is 336 g/mol. The van der Waals surface area contributed by atoms with Gasteiger partial charge in [0.1, 0.15) is 34.8 Å². The van der Waals surface area contributed by atoms with E-state index in [0.29, 0.717) is 23.8 Å². The van der Waals surface area contributed by atoms with E-state index in [2.05, 4.69) is 18.8 Å². The number of rotatable bonds is 5. The lowest BCUT2D eigenvalue weighted by atomic mass is 9.94. The van der Waals surface area contributed by atoms with Gasteiger partial charge in [-0.25, -0.2) is 0 Å². The van der Waals surface area contributed by atoms with Crippen LogP contribution >= 0.6 is 0 Å². The Morgan fingerprint density at radius 1 is 1.24 bits per heavy atom. The molecule has 2 aromatic rings. The molecule has 0 aliphatic rings. The molecule has 0 aliphatic heterocycles. The number of hydrogen-bond acceptors (Lipinski definition) is 5. The van der Waals surface area contributed by atoms with E-state index >= 15 is 0 Å². The van der Waals surface area contributed by atoms with E-state index in [-0.39, 0.29) is 22.5 Å². The Kier molecular flexibility index (Phi) is 5.46. The number of hydrogen-bond donors (Lipinski definition) is 2. The van der Waals surface area contributed by atoms with Gasteiger partial charge in [0, 0.05) is 11.1 Å². The fourth-order valence-electron chi connectivity index (χ4n) is 2.48. The lowest BCUT2D eigenvalue weighted by Crippen LogP contribution is -2.16. The third-order valence-electron chi connectivity index (χ3n) is 3.83. The van der Waals surface area contributed by atoms with E-state index in [4.69, 9.17) is 10.5 Å². The minimum absolute atomic E-state index is 0.0591. The van der Waals surface area contributed by atoms with Gasteiger partial charge in [0.05, 0.1) is 6.61 Å². The first-order valence-electron chi connectivity index (χ1n) is 7.98. The minimum atomic E-state index is -0.622. The van der Waals surface area contributed by atoms with E-state index in [1.54, 1.807) is 12.1 Å². The molecule has 25 heavy (non-hydrogen) atoms. The van der Waals surface area contributed by atoms with Crippen molar-refractivity contribution in [1.82, 2.24) is 4.98 Å². The summed E-state index contributed by atoms with van der Waals surface area (Å²) in [6.07, 6.45) is 0.862. The van der Waals surface area contributed by atoms with Crippen molar-refractivity contribution in [1.29, 1.82) is 10.5 Å². The molecule has 0 saturated carbocycles. The van der Waals surface area contributed by atoms with Crippen LogP contribution in [0.1, 0.15) is 37.0 Å². The van der Waals surface area contributed by atoms with Crippen LogP contribution in [0.4, 0.5) is 5.82 Å². The fourth-order valence-corrected chi connectivity index (χ4v) is 2.48. The summed E-state index contributed by atoms with van der Waals surface area (Å²) in [4.78, 5) is 14.5. The van der Waals surface area contributed by atoms with Crippen LogP contribution in [-0.2, 0) is 0 Å². The molecule has 0 saturated heterocycles. The lowest BCUT2D eigenvalue weighted by molar-refractivity contribution is 0.290. The minimum Gasteiger partial charge on any atom is -0.493 e. The molecule has 0 unspecified atom stereocenters. The molecule has 3 N–H and O–H groups in total. The van der Waals surface area contributed by atoms with Gasteiger partial charge in [0.15, 0.2) is 0 Å². The van der Waals surface area contributed by atoms with Gasteiger partial charge in [-0.2, -0.15) is 10.5 Å². The van der Waals surface area contributed by atoms with Crippen molar-refractivity contribution in [3.05, 3.63) is 45.2 Å². The summed E-state index contributed by atoms with van der Waals surface area (Å²) < 4.78 is 5.86. The Balaban J connectivity index is 2.70. The van der Waals surface area contributed by atoms with Crippen LogP contribution in [0.3, 0.4) is 0 Å². The van der Waals surface area contributed by atoms with Crippen LogP contribution in [0.5, 0.6) is 5.75 Å². The average Bonchev–Trinajstić information content (AvgIpc) is 2.55. The Labute approximate surface area is 146 Å². The highest BCUT2D eigenvalue weighted by molar-refractivity contribution is 5.83. The molecule has 6 heteroatoms. The predicted molar refractivity (Wildman–Crippen MR) is 96.0 cm³/mol. The van der Waals surface area contributed by atoms with Gasteiger partial charge in [-0.05, 0) is 31.4 Å². The van der Waals surface area contributed by atoms with Crippen LogP contribution in [0.25, 0.3) is 11.1 Å². The number of pyridine rings is 1. The van der Waals surface area contributed by atoms with Gasteiger partial charge >= 0.3 is 0 Å². The summed E-state index contributed by atoms with van der Waals surface area (Å²) >= 11 is 0. The Morgan fingerprint density at radius 2 is 1.92 bits per heavy atom. The zero-order valence-corrected chi connectivity index (χ0v) is 14.5. The lowest BCUT2D eigenvalue weighted by Gasteiger charge is -2.16. The topological polar surface area (TPSA) is 116 Å². The number of aromatic nitrogens is 1. The van der Waals surface area contributed by atoms with E-state index in [0.717, 1.165) is 12.0 Å². The normalized spacial score (nSPS) is 10.3. The number of nitriles is 2. The Hall–Kier alpha value is -3.25. The number of nitrogens with one attached hydrogen (secondary N) is 1. The number of aromatic amines is 1. The number of H-pyrrole nitrogens is 1. The fraction of sp³-hybridized carbons (Fsp3) is 0.316. The third-order valence-corrected chi connectivity index (χ3v) is 3.83. The predicted octanol–water partition coefficient (Wildman–Crippen LogP) is 3.10. The summed E-state index contributed by atoms with van der Waals surface area (Å²) in [7, 11) is 0. The summed E-state index contributed by atoms with van der Waals surface area (Å²) in [5.74, 6) is 0.939. The molecule has 1 aromatic carbocycles. The molecule has 0 aliphatic carbocycles. The number of ether oxygens (including phenoxy) is 1.